The van der Waals surface area contributed by atoms with Crippen molar-refractivity contribution in [3.8, 4) is 0 Å². The van der Waals surface area contributed by atoms with Crippen molar-refractivity contribution < 1.29 is 34.3 Å². The molecule has 0 aliphatic carbocycles. The standard InChI is InChI=1S/C13H28O7/c1-17-7-11(14)3-5-19-9-13(16)10-20-6-4-12(15)8-18-2/h11-16H,3-10H2,1-2H3. The Morgan fingerprint density at radius 3 is 1.40 bits per heavy atom. The molecule has 0 spiro atoms. The van der Waals surface area contributed by atoms with Crippen LogP contribution < -0.4 is 0 Å². The van der Waals surface area contributed by atoms with Gasteiger partial charge in [-0.1, -0.05) is 0 Å². The van der Waals surface area contributed by atoms with Crippen LogP contribution in [0.3, 0.4) is 0 Å². The van der Waals surface area contributed by atoms with Crippen LogP contribution in [0, 0.1) is 0 Å². The molecule has 0 aromatic heterocycles. The van der Waals surface area contributed by atoms with E-state index in [2.05, 4.69) is 0 Å². The molecular weight excluding hydrogens is 268 g/mol. The maximum absolute atomic E-state index is 9.56. The number of aliphatic hydroxyl groups is 3. The fourth-order valence-corrected chi connectivity index (χ4v) is 1.48. The monoisotopic (exact) mass is 296 g/mol. The molecule has 122 valence electrons. The van der Waals surface area contributed by atoms with Crippen molar-refractivity contribution in [3.05, 3.63) is 0 Å². The Morgan fingerprint density at radius 1 is 0.650 bits per heavy atom. The van der Waals surface area contributed by atoms with E-state index in [1.54, 1.807) is 0 Å². The summed E-state index contributed by atoms with van der Waals surface area (Å²) in [6.07, 6.45) is -0.879. The Kier molecular flexibility index (Phi) is 13.5. The van der Waals surface area contributed by atoms with Gasteiger partial charge in [0.25, 0.3) is 0 Å². The smallest absolute Gasteiger partial charge is 0.101 e. The molecular formula is C13H28O7. The molecule has 7 nitrogen and oxygen atoms in total. The first-order valence-electron chi connectivity index (χ1n) is 6.77. The summed E-state index contributed by atoms with van der Waals surface area (Å²) in [5.41, 5.74) is 0. The summed E-state index contributed by atoms with van der Waals surface area (Å²) in [5.74, 6) is 0. The van der Waals surface area contributed by atoms with Crippen LogP contribution >= 0.6 is 0 Å². The van der Waals surface area contributed by atoms with Crippen LogP contribution in [0.1, 0.15) is 12.8 Å². The molecule has 20 heavy (non-hydrogen) atoms. The number of methoxy groups -OCH3 is 2. The lowest BCUT2D eigenvalue weighted by Gasteiger charge is -2.14. The minimum atomic E-state index is -0.714. The van der Waals surface area contributed by atoms with Gasteiger partial charge in [0.15, 0.2) is 0 Å². The van der Waals surface area contributed by atoms with Crippen LogP contribution in [-0.2, 0) is 18.9 Å². The van der Waals surface area contributed by atoms with Crippen molar-refractivity contribution in [1.82, 2.24) is 0 Å². The van der Waals surface area contributed by atoms with E-state index >= 15 is 0 Å². The zero-order valence-electron chi connectivity index (χ0n) is 12.4. The second-order valence-electron chi connectivity index (χ2n) is 4.60. The third kappa shape index (κ3) is 12.7. The molecule has 0 rings (SSSR count). The molecule has 0 aliphatic heterocycles. The molecule has 0 amide bonds. The normalized spacial score (nSPS) is 16.1. The van der Waals surface area contributed by atoms with E-state index in [1.807, 2.05) is 0 Å². The summed E-state index contributed by atoms with van der Waals surface area (Å²) >= 11 is 0. The van der Waals surface area contributed by atoms with Gasteiger partial charge >= 0.3 is 0 Å². The SMILES string of the molecule is COCC(O)CCOCC(O)COCCC(O)COC. The second kappa shape index (κ2) is 13.7. The van der Waals surface area contributed by atoms with Gasteiger partial charge in [-0.15, -0.1) is 0 Å². The topological polar surface area (TPSA) is 97.6 Å². The van der Waals surface area contributed by atoms with Gasteiger partial charge in [-0.25, -0.2) is 0 Å². The van der Waals surface area contributed by atoms with Crippen molar-refractivity contribution in [2.45, 2.75) is 31.2 Å². The molecule has 7 heteroatoms. The second-order valence-corrected chi connectivity index (χ2v) is 4.60. The third-order valence-corrected chi connectivity index (χ3v) is 2.53. The molecule has 0 heterocycles. The van der Waals surface area contributed by atoms with Crippen molar-refractivity contribution >= 4 is 0 Å². The molecule has 2 unspecified atom stereocenters. The van der Waals surface area contributed by atoms with Gasteiger partial charge < -0.3 is 34.3 Å². The number of hydrogen-bond acceptors (Lipinski definition) is 7. The van der Waals surface area contributed by atoms with E-state index in [4.69, 9.17) is 18.9 Å². The van der Waals surface area contributed by atoms with Gasteiger partial charge in [0.2, 0.25) is 0 Å². The van der Waals surface area contributed by atoms with E-state index in [9.17, 15) is 15.3 Å². The zero-order valence-corrected chi connectivity index (χ0v) is 12.4. The quantitative estimate of drug-likeness (QED) is 0.360. The number of hydrogen-bond donors (Lipinski definition) is 3. The van der Waals surface area contributed by atoms with Gasteiger partial charge in [-0.05, 0) is 12.8 Å². The molecule has 0 bridgehead atoms. The van der Waals surface area contributed by atoms with Gasteiger partial charge in [-0.2, -0.15) is 0 Å². The van der Waals surface area contributed by atoms with Gasteiger partial charge in [0.1, 0.15) is 6.10 Å². The Hall–Kier alpha value is -0.280. The molecule has 0 saturated carbocycles. The van der Waals surface area contributed by atoms with Crippen LogP contribution in [0.4, 0.5) is 0 Å². The van der Waals surface area contributed by atoms with E-state index < -0.39 is 18.3 Å². The Balaban J connectivity index is 3.34. The van der Waals surface area contributed by atoms with Gasteiger partial charge in [-0.3, -0.25) is 0 Å². The summed E-state index contributed by atoms with van der Waals surface area (Å²) in [7, 11) is 3.05. The van der Waals surface area contributed by atoms with E-state index in [-0.39, 0.29) is 26.4 Å². The molecule has 0 saturated heterocycles. The van der Waals surface area contributed by atoms with Crippen molar-refractivity contribution in [2.75, 3.05) is 53.9 Å². The Morgan fingerprint density at radius 2 is 1.05 bits per heavy atom. The first-order valence-corrected chi connectivity index (χ1v) is 6.77. The molecule has 2 atom stereocenters. The fourth-order valence-electron chi connectivity index (χ4n) is 1.48. The molecule has 0 aromatic rings. The number of rotatable bonds is 14. The maximum atomic E-state index is 9.56. The average Bonchev–Trinajstić information content (AvgIpc) is 2.40. The van der Waals surface area contributed by atoms with E-state index in [0.717, 1.165) is 0 Å². The predicted molar refractivity (Wildman–Crippen MR) is 72.6 cm³/mol. The van der Waals surface area contributed by atoms with Crippen LogP contribution in [0.25, 0.3) is 0 Å². The molecule has 3 N–H and O–H groups in total. The zero-order chi connectivity index (χ0) is 15.2. The maximum Gasteiger partial charge on any atom is 0.101 e. The van der Waals surface area contributed by atoms with Gasteiger partial charge in [0.05, 0.1) is 38.6 Å². The Bertz CT molecular complexity index is 183. The fraction of sp³-hybridized carbons (Fsp3) is 1.00. The first kappa shape index (κ1) is 19.7. The molecule has 0 aromatic carbocycles. The molecule has 0 radical (unpaired) electrons. The van der Waals surface area contributed by atoms with Crippen LogP contribution in [-0.4, -0.2) is 87.5 Å². The molecule has 0 aliphatic rings. The highest BCUT2D eigenvalue weighted by atomic mass is 16.5. The summed E-state index contributed by atoms with van der Waals surface area (Å²) in [4.78, 5) is 0. The van der Waals surface area contributed by atoms with Crippen LogP contribution in [0.5, 0.6) is 0 Å². The summed E-state index contributed by atoms with van der Waals surface area (Å²) in [5, 5.41) is 28.3. The van der Waals surface area contributed by atoms with Gasteiger partial charge in [0, 0.05) is 27.4 Å². The highest BCUT2D eigenvalue weighted by molar-refractivity contribution is 4.56. The van der Waals surface area contributed by atoms with E-state index in [0.29, 0.717) is 26.1 Å². The van der Waals surface area contributed by atoms with Crippen molar-refractivity contribution in [1.29, 1.82) is 0 Å². The highest BCUT2D eigenvalue weighted by Gasteiger charge is 2.08. The predicted octanol–water partition coefficient (Wildman–Crippen LogP) is -0.825. The summed E-state index contributed by atoms with van der Waals surface area (Å²) < 4.78 is 20.0. The number of aliphatic hydroxyl groups excluding tert-OH is 3. The van der Waals surface area contributed by atoms with E-state index in [1.165, 1.54) is 14.2 Å². The summed E-state index contributed by atoms with van der Waals surface area (Å²) in [6.45, 7) is 1.57. The van der Waals surface area contributed by atoms with Crippen molar-refractivity contribution in [3.63, 3.8) is 0 Å². The lowest BCUT2D eigenvalue weighted by Crippen LogP contribution is -2.25. The lowest BCUT2D eigenvalue weighted by molar-refractivity contribution is -0.0361. The highest BCUT2D eigenvalue weighted by Crippen LogP contribution is 1.97. The van der Waals surface area contributed by atoms with Crippen LogP contribution in [0.15, 0.2) is 0 Å². The minimum Gasteiger partial charge on any atom is -0.391 e. The molecule has 0 fully saturated rings. The van der Waals surface area contributed by atoms with Crippen molar-refractivity contribution in [2.24, 2.45) is 0 Å². The average molecular weight is 296 g/mol. The first-order chi connectivity index (χ1) is 9.60. The number of ether oxygens (including phenoxy) is 4. The lowest BCUT2D eigenvalue weighted by atomic mass is 10.3. The van der Waals surface area contributed by atoms with Crippen LogP contribution in [0.2, 0.25) is 0 Å². The Labute approximate surface area is 120 Å². The minimum absolute atomic E-state index is 0.153. The largest absolute Gasteiger partial charge is 0.391 e. The summed E-state index contributed by atoms with van der Waals surface area (Å²) in [6, 6.07) is 0. The third-order valence-electron chi connectivity index (χ3n) is 2.53.